The van der Waals surface area contributed by atoms with Crippen molar-refractivity contribution in [3.05, 3.63) is 23.0 Å². The minimum atomic E-state index is -8.35. The molecule has 3 fully saturated rings. The van der Waals surface area contributed by atoms with Crippen LogP contribution in [0.3, 0.4) is 0 Å². The number of rotatable bonds is 11. The topological polar surface area (TPSA) is 951 Å². The molecule has 4 rings (SSSR count). The third-order valence-electron chi connectivity index (χ3n) is 14.8. The highest BCUT2D eigenvalue weighted by atomic mass is 16.8. The van der Waals surface area contributed by atoms with Crippen molar-refractivity contribution < 1.29 is 240 Å². The summed E-state index contributed by atoms with van der Waals surface area (Å²) in [5, 5.41) is 519. The van der Waals surface area contributed by atoms with Crippen LogP contribution in [0.4, 0.5) is 0 Å². The lowest BCUT2D eigenvalue weighted by molar-refractivity contribution is -0.655. The van der Waals surface area contributed by atoms with E-state index >= 15 is 0 Å². The van der Waals surface area contributed by atoms with Crippen LogP contribution in [0.5, 0.6) is 0 Å². The third kappa shape index (κ3) is 5.34. The lowest BCUT2D eigenvalue weighted by Crippen LogP contribution is -3.09. The van der Waals surface area contributed by atoms with Gasteiger partial charge in [-0.15, -0.1) is 0 Å². The van der Waals surface area contributed by atoms with Crippen molar-refractivity contribution in [1.82, 2.24) is 0 Å². The van der Waals surface area contributed by atoms with Crippen LogP contribution in [0.25, 0.3) is 0 Å². The molecule has 47 nitrogen and oxygen atoms in total. The van der Waals surface area contributed by atoms with Gasteiger partial charge in [0.1, 0.15) is 5.92 Å². The first-order valence-corrected chi connectivity index (χ1v) is 18.6. The number of aliphatic hydroxyl groups excluding tert-OH is 3. The Morgan fingerprint density at radius 3 is 1.01 bits per heavy atom. The van der Waals surface area contributed by atoms with Gasteiger partial charge in [0.15, 0.2) is 44.8 Å². The normalized spacial score (nSPS) is 36.8. The monoisotopic (exact) mass is 1150 g/mol. The molecule has 0 aromatic rings. The van der Waals surface area contributed by atoms with E-state index in [9.17, 15) is 240 Å². The van der Waals surface area contributed by atoms with Gasteiger partial charge in [-0.1, -0.05) is 0 Å². The molecule has 47 heteroatoms. The van der Waals surface area contributed by atoms with Crippen molar-refractivity contribution in [2.75, 3.05) is 0 Å². The first-order chi connectivity index (χ1) is 32.3. The van der Waals surface area contributed by atoms with E-state index in [1.54, 1.807) is 0 Å². The average molecular weight is 1150 g/mol. The summed E-state index contributed by atoms with van der Waals surface area (Å²) in [4.78, 5) is 0. The van der Waals surface area contributed by atoms with Gasteiger partial charge in [-0.2, -0.15) is 0 Å². The minimum Gasteiger partial charge on any atom is -0.506 e. The van der Waals surface area contributed by atoms with E-state index in [2.05, 4.69) is 0 Å². The van der Waals surface area contributed by atoms with Gasteiger partial charge in [-0.3, -0.25) is 0 Å². The molecule has 0 bridgehead atoms. The van der Waals surface area contributed by atoms with Gasteiger partial charge in [-0.25, -0.2) is 0 Å². The van der Waals surface area contributed by atoms with Crippen LogP contribution >= 0.6 is 0 Å². The van der Waals surface area contributed by atoms with E-state index in [1.165, 1.54) is 0 Å². The molecular formula is C29H48O47. The zero-order chi connectivity index (χ0) is 61.9. The maximum atomic E-state index is 12.6. The highest BCUT2D eigenvalue weighted by molar-refractivity contribution is 5.60. The van der Waals surface area contributed by atoms with Gasteiger partial charge in [0.2, 0.25) is 28.6 Å². The molecule has 0 radical (unpaired) electrons. The minimum absolute atomic E-state index is 3.49. The first kappa shape index (κ1) is 65.5. The summed E-state index contributed by atoms with van der Waals surface area (Å²) in [6.45, 7) is 0. The molecule has 8 unspecified atom stereocenters. The van der Waals surface area contributed by atoms with Crippen molar-refractivity contribution in [2.45, 2.75) is 127 Å². The molecule has 76 heavy (non-hydrogen) atoms. The van der Waals surface area contributed by atoms with Crippen LogP contribution in [-0.2, 0) is 0 Å². The van der Waals surface area contributed by atoms with Gasteiger partial charge in [0.05, 0.1) is 5.57 Å². The standard InChI is InChI=1S/C29H48O47/c30-1(5(32)33)2(7(34,26(65,66)67)27(68,69)70)8(35,36)18(48,49)16(45,29(74,75)76)15(44)11(28(71,72)73)14(43,22(56,57)23(15,58)59)13(42)10(39,40)4(31)3-6(25(62,63)64,12(13,41)21(54,55)20(11,52)53)17(46,47)24(60,61)19(50,51)9(3,37)38/h2,30-76H. The van der Waals surface area contributed by atoms with Crippen molar-refractivity contribution in [1.29, 1.82) is 0 Å². The van der Waals surface area contributed by atoms with Crippen molar-refractivity contribution >= 4 is 0 Å². The zero-order valence-electron chi connectivity index (χ0n) is 35.6. The highest BCUT2D eigenvalue weighted by Crippen LogP contribution is 2.85. The van der Waals surface area contributed by atoms with Gasteiger partial charge >= 0.3 is 23.9 Å². The second-order valence-corrected chi connectivity index (χ2v) is 18.3. The van der Waals surface area contributed by atoms with E-state index in [1.807, 2.05) is 0 Å². The van der Waals surface area contributed by atoms with Crippen LogP contribution in [0, 0.1) is 16.7 Å². The summed E-state index contributed by atoms with van der Waals surface area (Å²) in [7, 11) is 0. The second kappa shape index (κ2) is 14.9. The highest BCUT2D eigenvalue weighted by Gasteiger charge is 3.17. The molecule has 0 saturated heterocycles. The fraction of sp³-hybridized carbons (Fsp3) is 0.862. The van der Waals surface area contributed by atoms with E-state index in [0.29, 0.717) is 0 Å². The molecule has 47 N–H and O–H groups in total. The van der Waals surface area contributed by atoms with E-state index in [0.717, 1.165) is 0 Å². The Morgan fingerprint density at radius 2 is 0.711 bits per heavy atom. The van der Waals surface area contributed by atoms with Crippen LogP contribution in [0.2, 0.25) is 0 Å². The molecule has 0 aromatic carbocycles. The molecule has 8 atom stereocenters. The summed E-state index contributed by atoms with van der Waals surface area (Å²) >= 11 is 0. The van der Waals surface area contributed by atoms with Gasteiger partial charge < -0.3 is 240 Å². The van der Waals surface area contributed by atoms with Crippen LogP contribution in [0.1, 0.15) is 0 Å². The van der Waals surface area contributed by atoms with Crippen LogP contribution < -0.4 is 0 Å². The number of hydrogen-bond acceptors (Lipinski definition) is 47. The van der Waals surface area contributed by atoms with Gasteiger partial charge in [-0.05, 0) is 0 Å². The smallest absolute Gasteiger partial charge is 0.315 e. The molecule has 0 heterocycles. The fourth-order valence-electron chi connectivity index (χ4n) is 11.4. The lowest BCUT2D eigenvalue weighted by atomic mass is 9.31. The molecular weight excluding hydrogens is 1100 g/mol. The molecule has 3 saturated carbocycles. The predicted molar refractivity (Wildman–Crippen MR) is 188 cm³/mol. The maximum Gasteiger partial charge on any atom is 0.315 e. The van der Waals surface area contributed by atoms with Gasteiger partial charge in [0.25, 0.3) is 58.2 Å². The maximum absolute atomic E-state index is 12.6. The second-order valence-electron chi connectivity index (χ2n) is 18.3. The summed E-state index contributed by atoms with van der Waals surface area (Å²) in [5.74, 6) is -132. The largest absolute Gasteiger partial charge is 0.506 e. The Bertz CT molecular complexity index is 2450. The molecule has 0 aliphatic heterocycles. The Morgan fingerprint density at radius 1 is 0.355 bits per heavy atom. The Balaban J connectivity index is 2.71. The Kier molecular flexibility index (Phi) is 12.8. The molecule has 0 amide bonds. The summed E-state index contributed by atoms with van der Waals surface area (Å²) in [6.07, 6.45) is 0. The average Bonchev–Trinajstić information content (AvgIpc) is 3.25. The molecule has 4 aliphatic rings. The molecule has 446 valence electrons. The Labute approximate surface area is 407 Å². The molecule has 4 aliphatic carbocycles. The third-order valence-corrected chi connectivity index (χ3v) is 14.8. The van der Waals surface area contributed by atoms with Crippen LogP contribution in [0.15, 0.2) is 23.0 Å². The lowest BCUT2D eigenvalue weighted by Gasteiger charge is -2.79. The van der Waals surface area contributed by atoms with Crippen molar-refractivity contribution in [3.63, 3.8) is 0 Å². The summed E-state index contributed by atoms with van der Waals surface area (Å²) in [5.41, 5.74) is -67.1. The fourth-order valence-corrected chi connectivity index (χ4v) is 11.4. The van der Waals surface area contributed by atoms with E-state index < -0.39 is 167 Å². The summed E-state index contributed by atoms with van der Waals surface area (Å²) < 4.78 is 0. The predicted octanol–water partition coefficient (Wildman–Crippen LogP) is -27.7. The number of aliphatic hydroxyl groups is 47. The van der Waals surface area contributed by atoms with Gasteiger partial charge in [0, 0.05) is 0 Å². The van der Waals surface area contributed by atoms with Crippen molar-refractivity contribution in [2.24, 2.45) is 16.7 Å². The summed E-state index contributed by atoms with van der Waals surface area (Å²) in [6, 6.07) is 0. The number of fused-ring (bicyclic) bond motifs is 5. The molecule has 0 spiro atoms. The first-order valence-electron chi connectivity index (χ1n) is 18.6. The van der Waals surface area contributed by atoms with Crippen molar-refractivity contribution in [3.8, 4) is 0 Å². The Hall–Kier alpha value is -3.04. The number of hydrogen-bond donors (Lipinski definition) is 47. The van der Waals surface area contributed by atoms with E-state index in [-0.39, 0.29) is 0 Å². The van der Waals surface area contributed by atoms with Crippen LogP contribution in [-0.4, -0.2) is 367 Å². The molecule has 0 aromatic heterocycles. The quantitative estimate of drug-likeness (QED) is 0.0675. The zero-order valence-corrected chi connectivity index (χ0v) is 35.6. The van der Waals surface area contributed by atoms with E-state index in [4.69, 9.17) is 0 Å². The SMILES string of the molecule is OC(O)=C(O)C(C(O)(O)C(O)(O)C(O)(C(O)(O)O)C1(O)C(O)(O)C(O)(O)C2(O)C3(O)C(O)(O)C(O)=C4C(O)(O)C(O)(O)C(O)(O)C(O)(O)C4(C(O)(O)O)C3(O)C(O)(O)C(O)(O)C12C(O)(O)O)C(O)(C(O)(O)O)C(O)(O)O.